The van der Waals surface area contributed by atoms with Crippen LogP contribution in [0.2, 0.25) is 0 Å². The molecule has 4 nitrogen and oxygen atoms in total. The van der Waals surface area contributed by atoms with Crippen LogP contribution < -0.4 is 10.6 Å². The van der Waals surface area contributed by atoms with Crippen LogP contribution in [0.15, 0.2) is 0 Å². The third kappa shape index (κ3) is 5.47. The first kappa shape index (κ1) is 12.9. The van der Waals surface area contributed by atoms with Crippen LogP contribution >= 0.6 is 0 Å². The molecule has 0 aromatic carbocycles. The largest absolute Gasteiger partial charge is 0.382 e. The van der Waals surface area contributed by atoms with E-state index in [0.29, 0.717) is 6.61 Å². The highest BCUT2D eigenvalue weighted by molar-refractivity contribution is 4.72. The van der Waals surface area contributed by atoms with Crippen molar-refractivity contribution in [2.75, 3.05) is 47.0 Å². The van der Waals surface area contributed by atoms with Gasteiger partial charge in [0.2, 0.25) is 0 Å². The fraction of sp³-hybridized carbons (Fsp3) is 1.00. The lowest BCUT2D eigenvalue weighted by Gasteiger charge is -2.15. The Balaban J connectivity index is 1.94. The summed E-state index contributed by atoms with van der Waals surface area (Å²) in [5, 5.41) is 6.80. The first-order valence-electron chi connectivity index (χ1n) is 5.80. The van der Waals surface area contributed by atoms with Gasteiger partial charge in [0.15, 0.2) is 0 Å². The third-order valence-electron chi connectivity index (χ3n) is 2.95. The van der Waals surface area contributed by atoms with Crippen molar-refractivity contribution >= 4 is 0 Å². The van der Waals surface area contributed by atoms with Crippen molar-refractivity contribution in [3.8, 4) is 0 Å². The molecule has 2 N–H and O–H groups in total. The fourth-order valence-electron chi connectivity index (χ4n) is 1.93. The summed E-state index contributed by atoms with van der Waals surface area (Å²) in [5.74, 6) is 0.862. The van der Waals surface area contributed by atoms with Crippen molar-refractivity contribution in [3.63, 3.8) is 0 Å². The van der Waals surface area contributed by atoms with Gasteiger partial charge in [-0.05, 0) is 38.4 Å². The zero-order valence-electron chi connectivity index (χ0n) is 9.92. The molecule has 1 fully saturated rings. The molecule has 1 aliphatic rings. The van der Waals surface area contributed by atoms with E-state index in [9.17, 15) is 0 Å². The molecule has 2 atom stereocenters. The molecule has 0 amide bonds. The standard InChI is InChI=1S/C11H24N2O2/c1-14-9-11(15-2)8-13-6-4-10-3-5-12-7-10/h10-13H,3-9H2,1-2H3. The minimum atomic E-state index is 0.178. The molecule has 1 aliphatic heterocycles. The summed E-state index contributed by atoms with van der Waals surface area (Å²) in [6, 6.07) is 0. The highest BCUT2D eigenvalue weighted by Crippen LogP contribution is 2.10. The second-order valence-corrected chi connectivity index (χ2v) is 4.16. The Morgan fingerprint density at radius 1 is 1.47 bits per heavy atom. The quantitative estimate of drug-likeness (QED) is 0.570. The van der Waals surface area contributed by atoms with Crippen molar-refractivity contribution in [1.29, 1.82) is 0 Å². The van der Waals surface area contributed by atoms with Crippen LogP contribution in [0.4, 0.5) is 0 Å². The van der Waals surface area contributed by atoms with Crippen LogP contribution in [0, 0.1) is 5.92 Å². The Kier molecular flexibility index (Phi) is 6.92. The Morgan fingerprint density at radius 2 is 2.33 bits per heavy atom. The maximum atomic E-state index is 5.26. The Labute approximate surface area is 92.7 Å². The highest BCUT2D eigenvalue weighted by atomic mass is 16.5. The summed E-state index contributed by atoms with van der Waals surface area (Å²) >= 11 is 0. The minimum Gasteiger partial charge on any atom is -0.382 e. The zero-order chi connectivity index (χ0) is 10.9. The van der Waals surface area contributed by atoms with E-state index in [1.807, 2.05) is 0 Å². The van der Waals surface area contributed by atoms with Crippen molar-refractivity contribution in [3.05, 3.63) is 0 Å². The molecule has 0 spiro atoms. The van der Waals surface area contributed by atoms with Gasteiger partial charge in [-0.2, -0.15) is 0 Å². The number of methoxy groups -OCH3 is 2. The van der Waals surface area contributed by atoms with Gasteiger partial charge in [-0.3, -0.25) is 0 Å². The van der Waals surface area contributed by atoms with Gasteiger partial charge < -0.3 is 20.1 Å². The average molecular weight is 216 g/mol. The summed E-state index contributed by atoms with van der Waals surface area (Å²) in [6.07, 6.45) is 2.76. The molecule has 4 heteroatoms. The topological polar surface area (TPSA) is 42.5 Å². The smallest absolute Gasteiger partial charge is 0.0928 e. The molecule has 0 saturated carbocycles. The van der Waals surface area contributed by atoms with Crippen LogP contribution in [0.3, 0.4) is 0 Å². The van der Waals surface area contributed by atoms with Gasteiger partial charge in [0.25, 0.3) is 0 Å². The van der Waals surface area contributed by atoms with Crippen LogP contribution in [0.5, 0.6) is 0 Å². The molecule has 1 rings (SSSR count). The first-order chi connectivity index (χ1) is 7.36. The van der Waals surface area contributed by atoms with Crippen molar-refractivity contribution in [2.45, 2.75) is 18.9 Å². The maximum absolute atomic E-state index is 5.26. The molecule has 0 radical (unpaired) electrons. The second-order valence-electron chi connectivity index (χ2n) is 4.16. The van der Waals surface area contributed by atoms with E-state index in [4.69, 9.17) is 9.47 Å². The van der Waals surface area contributed by atoms with Gasteiger partial charge in [-0.1, -0.05) is 0 Å². The molecule has 0 aromatic rings. The number of hydrogen-bond donors (Lipinski definition) is 2. The van der Waals surface area contributed by atoms with E-state index >= 15 is 0 Å². The molecule has 0 aromatic heterocycles. The summed E-state index contributed by atoms with van der Waals surface area (Å²) in [5.41, 5.74) is 0. The van der Waals surface area contributed by atoms with Gasteiger partial charge in [-0.15, -0.1) is 0 Å². The van der Waals surface area contributed by atoms with E-state index in [2.05, 4.69) is 10.6 Å². The lowest BCUT2D eigenvalue weighted by atomic mass is 10.1. The average Bonchev–Trinajstić information content (AvgIpc) is 2.75. The summed E-state index contributed by atoms with van der Waals surface area (Å²) in [6.45, 7) is 5.00. The second kappa shape index (κ2) is 8.05. The van der Waals surface area contributed by atoms with Crippen LogP contribution in [-0.4, -0.2) is 53.1 Å². The van der Waals surface area contributed by atoms with Gasteiger partial charge in [0, 0.05) is 20.8 Å². The predicted molar refractivity (Wildman–Crippen MR) is 61.1 cm³/mol. The molecule has 2 unspecified atom stereocenters. The zero-order valence-corrected chi connectivity index (χ0v) is 9.92. The molecule has 1 heterocycles. The van der Waals surface area contributed by atoms with E-state index in [0.717, 1.165) is 19.0 Å². The molecule has 90 valence electrons. The Morgan fingerprint density at radius 3 is 2.93 bits per heavy atom. The van der Waals surface area contributed by atoms with E-state index in [1.165, 1.54) is 25.9 Å². The van der Waals surface area contributed by atoms with Crippen molar-refractivity contribution in [1.82, 2.24) is 10.6 Å². The monoisotopic (exact) mass is 216 g/mol. The molecule has 0 aliphatic carbocycles. The van der Waals surface area contributed by atoms with Crippen molar-refractivity contribution < 1.29 is 9.47 Å². The van der Waals surface area contributed by atoms with E-state index < -0.39 is 0 Å². The first-order valence-corrected chi connectivity index (χ1v) is 5.80. The highest BCUT2D eigenvalue weighted by Gasteiger charge is 2.13. The summed E-state index contributed by atoms with van der Waals surface area (Å²) in [7, 11) is 3.43. The van der Waals surface area contributed by atoms with E-state index in [-0.39, 0.29) is 6.10 Å². The maximum Gasteiger partial charge on any atom is 0.0928 e. The number of hydrogen-bond acceptors (Lipinski definition) is 4. The number of rotatable bonds is 8. The van der Waals surface area contributed by atoms with E-state index in [1.54, 1.807) is 14.2 Å². The SMILES string of the molecule is COCC(CNCCC1CCNC1)OC. The lowest BCUT2D eigenvalue weighted by Crippen LogP contribution is -2.33. The number of ether oxygens (including phenoxy) is 2. The van der Waals surface area contributed by atoms with Gasteiger partial charge in [0.1, 0.15) is 0 Å². The Hall–Kier alpha value is -0.160. The van der Waals surface area contributed by atoms with Crippen LogP contribution in [-0.2, 0) is 9.47 Å². The summed E-state index contributed by atoms with van der Waals surface area (Å²) in [4.78, 5) is 0. The third-order valence-corrected chi connectivity index (χ3v) is 2.95. The van der Waals surface area contributed by atoms with Crippen molar-refractivity contribution in [2.24, 2.45) is 5.92 Å². The number of nitrogens with one attached hydrogen (secondary N) is 2. The molecular weight excluding hydrogens is 192 g/mol. The van der Waals surface area contributed by atoms with Crippen LogP contribution in [0.1, 0.15) is 12.8 Å². The fourth-order valence-corrected chi connectivity index (χ4v) is 1.93. The molecular formula is C11H24N2O2. The van der Waals surface area contributed by atoms with Gasteiger partial charge in [0.05, 0.1) is 12.7 Å². The molecule has 1 saturated heterocycles. The molecule has 0 bridgehead atoms. The van der Waals surface area contributed by atoms with Gasteiger partial charge >= 0.3 is 0 Å². The molecule has 15 heavy (non-hydrogen) atoms. The Bertz CT molecular complexity index is 150. The predicted octanol–water partition coefficient (Wildman–Crippen LogP) is 0.237. The van der Waals surface area contributed by atoms with Gasteiger partial charge in [-0.25, -0.2) is 0 Å². The lowest BCUT2D eigenvalue weighted by molar-refractivity contribution is 0.0289. The summed E-state index contributed by atoms with van der Waals surface area (Å²) < 4.78 is 10.3. The minimum absolute atomic E-state index is 0.178. The normalized spacial score (nSPS) is 23.2. The van der Waals surface area contributed by atoms with Crippen LogP contribution in [0.25, 0.3) is 0 Å².